The van der Waals surface area contributed by atoms with E-state index < -0.39 is 0 Å². The van der Waals surface area contributed by atoms with Gasteiger partial charge in [-0.25, -0.2) is 34.3 Å². The number of rotatable bonds is 9. The van der Waals surface area contributed by atoms with Gasteiger partial charge >= 0.3 is 0 Å². The molecule has 14 aromatic rings. The van der Waals surface area contributed by atoms with Gasteiger partial charge in [0.25, 0.3) is 0 Å². The topological polar surface area (TPSA) is 185 Å². The molecule has 11 aromatic carbocycles. The van der Waals surface area contributed by atoms with Gasteiger partial charge in [0.1, 0.15) is 0 Å². The summed E-state index contributed by atoms with van der Waals surface area (Å²) in [6.45, 7) is 31.7. The third-order valence-corrected chi connectivity index (χ3v) is 16.2. The van der Waals surface area contributed by atoms with E-state index >= 15 is 0 Å². The minimum atomic E-state index is 0.249. The maximum Gasteiger partial charge on any atom is 0.189 e. The van der Waals surface area contributed by atoms with Crippen LogP contribution in [0.1, 0.15) is 27.8 Å². The second kappa shape index (κ2) is 22.7. The van der Waals surface area contributed by atoms with Crippen molar-refractivity contribution < 1.29 is 0 Å². The number of fused-ring (bicyclic) bond motifs is 6. The molecule has 92 heavy (non-hydrogen) atoms. The SMILES string of the molecule is [C-]#[N+]c1cc(C#N)cc(-c2ccc3c(c2)c2cc(-c4cc(C#N)cc(C#N)c4)ccc2n3-c2cc(C#N)cc(-n3c4ccc(-c5cc(C#N)cc([N+]#[C-])c5)cc4c4cc(-c5cc([N+]#[C-])cc([N+]#[C-])c5)ccc43)c2-c2nc(-c3ccccc3)nc(-c3ccccc3)n2)c1. The molecule has 14 nitrogen and oxygen atoms in total. The Labute approximate surface area is 526 Å². The third kappa shape index (κ3) is 9.71. The largest absolute Gasteiger partial charge is 0.308 e. The van der Waals surface area contributed by atoms with Gasteiger partial charge in [-0.05, 0) is 160 Å². The lowest BCUT2D eigenvalue weighted by molar-refractivity contribution is 1.05. The highest BCUT2D eigenvalue weighted by molar-refractivity contribution is 6.14. The zero-order valence-corrected chi connectivity index (χ0v) is 48.0. The standard InChI is InChI=1S/C78H36N14/c1-84-61-28-48(43-81)26-58(32-61)54-16-20-70-66(37-54)65-36-53(57-24-46(41-79)23-47(25-57)42-80)15-19-69(65)91(70)73-30-50(45-83)31-74(75(73)78-89-76(51-11-7-5-8-12-51)88-77(90-78)52-13-9-6-10-14-52)92-71-21-17-55(59-27-49(44-82)29-62(33-59)85-2)38-67(71)68-39-56(18-22-72(68)92)60-34-63(86-3)40-64(35-60)87-4/h5-40H. The predicted molar refractivity (Wildman–Crippen MR) is 355 cm³/mol. The minimum Gasteiger partial charge on any atom is -0.308 e. The zero-order valence-electron chi connectivity index (χ0n) is 48.0. The van der Waals surface area contributed by atoms with Gasteiger partial charge in [-0.1, -0.05) is 103 Å². The summed E-state index contributed by atoms with van der Waals surface area (Å²) in [4.78, 5) is 30.8. The highest BCUT2D eigenvalue weighted by Gasteiger charge is 2.28. The number of benzene rings is 11. The van der Waals surface area contributed by atoms with E-state index in [1.807, 2.05) is 146 Å². The predicted octanol–water partition coefficient (Wildman–Crippen LogP) is 19.3. The second-order valence-corrected chi connectivity index (χ2v) is 21.6. The Balaban J connectivity index is 1.14. The lowest BCUT2D eigenvalue weighted by atomic mass is 9.97. The van der Waals surface area contributed by atoms with Crippen LogP contribution < -0.4 is 0 Å². The van der Waals surface area contributed by atoms with Crippen molar-refractivity contribution >= 4 is 66.4 Å². The molecule has 0 saturated heterocycles. The summed E-state index contributed by atoms with van der Waals surface area (Å²) in [6.07, 6.45) is 0. The van der Waals surface area contributed by atoms with Gasteiger partial charge in [0, 0.05) is 43.8 Å². The highest BCUT2D eigenvalue weighted by Crippen LogP contribution is 2.46. The van der Waals surface area contributed by atoms with Crippen molar-refractivity contribution in [3.05, 3.63) is 292 Å². The van der Waals surface area contributed by atoms with Crippen molar-refractivity contribution in [2.75, 3.05) is 0 Å². The van der Waals surface area contributed by atoms with Crippen LogP contribution in [0, 0.1) is 82.9 Å². The third-order valence-electron chi connectivity index (χ3n) is 16.2. The molecule has 0 radical (unpaired) electrons. The van der Waals surface area contributed by atoms with E-state index in [-0.39, 0.29) is 11.4 Å². The van der Waals surface area contributed by atoms with Crippen LogP contribution in [-0.4, -0.2) is 24.1 Å². The Hall–Kier alpha value is -14.6. The molecule has 14 rings (SSSR count). The molecule has 0 amide bonds. The lowest BCUT2D eigenvalue weighted by Gasteiger charge is -2.20. The molecular weight excluding hydrogens is 1130 g/mol. The molecule has 3 aromatic heterocycles. The highest BCUT2D eigenvalue weighted by atomic mass is 15.1. The van der Waals surface area contributed by atoms with Crippen LogP contribution >= 0.6 is 0 Å². The molecule has 0 atom stereocenters. The Kier molecular flexibility index (Phi) is 13.6. The Morgan fingerprint density at radius 2 is 0.565 bits per heavy atom. The van der Waals surface area contributed by atoms with Gasteiger partial charge in [-0.3, -0.25) is 0 Å². The number of hydrogen-bond acceptors (Lipinski definition) is 8. The van der Waals surface area contributed by atoms with Crippen molar-refractivity contribution in [3.63, 3.8) is 0 Å². The molecule has 418 valence electrons. The van der Waals surface area contributed by atoms with Crippen molar-refractivity contribution in [2.24, 2.45) is 0 Å². The van der Waals surface area contributed by atoms with E-state index in [1.54, 1.807) is 72.8 Å². The summed E-state index contributed by atoms with van der Waals surface area (Å²) in [6, 6.07) is 78.0. The van der Waals surface area contributed by atoms with Gasteiger partial charge in [-0.15, -0.1) is 0 Å². The minimum absolute atomic E-state index is 0.249. The van der Waals surface area contributed by atoms with Crippen LogP contribution in [0.5, 0.6) is 0 Å². The first-order valence-corrected chi connectivity index (χ1v) is 28.4. The molecule has 0 saturated carbocycles. The zero-order chi connectivity index (χ0) is 63.1. The van der Waals surface area contributed by atoms with Gasteiger partial charge < -0.3 is 9.13 Å². The molecular formula is C78H36N14. The van der Waals surface area contributed by atoms with E-state index in [4.69, 9.17) is 41.2 Å². The fourth-order valence-electron chi connectivity index (χ4n) is 12.1. The summed E-state index contributed by atoms with van der Waals surface area (Å²) in [5.41, 5.74) is 13.8. The Bertz CT molecular complexity index is 5200. The van der Waals surface area contributed by atoms with Crippen molar-refractivity contribution in [2.45, 2.75) is 0 Å². The summed E-state index contributed by atoms with van der Waals surface area (Å²) >= 11 is 0. The monoisotopic (exact) mass is 1170 g/mol. The molecule has 0 aliphatic heterocycles. The molecule has 3 heterocycles. The number of nitriles is 5. The Morgan fingerprint density at radius 3 is 0.902 bits per heavy atom. The smallest absolute Gasteiger partial charge is 0.189 e. The van der Waals surface area contributed by atoms with Gasteiger partial charge in [0.2, 0.25) is 0 Å². The molecule has 0 bridgehead atoms. The van der Waals surface area contributed by atoms with E-state index in [0.717, 1.165) is 32.7 Å². The quantitative estimate of drug-likeness (QED) is 0.128. The molecule has 0 spiro atoms. The number of hydrogen-bond donors (Lipinski definition) is 0. The first-order chi connectivity index (χ1) is 45.1. The van der Waals surface area contributed by atoms with Crippen LogP contribution in [0.25, 0.3) is 153 Å². The van der Waals surface area contributed by atoms with Gasteiger partial charge in [0.15, 0.2) is 40.2 Å². The van der Waals surface area contributed by atoms with E-state index in [1.165, 1.54) is 0 Å². The first kappa shape index (κ1) is 55.3. The van der Waals surface area contributed by atoms with Crippen molar-refractivity contribution in [3.8, 4) is 120 Å². The van der Waals surface area contributed by atoms with Crippen molar-refractivity contribution in [1.82, 2.24) is 24.1 Å². The fourth-order valence-corrected chi connectivity index (χ4v) is 12.1. The molecule has 0 aliphatic carbocycles. The Morgan fingerprint density at radius 1 is 0.272 bits per heavy atom. The van der Waals surface area contributed by atoms with Crippen LogP contribution in [0.4, 0.5) is 22.7 Å². The molecule has 14 heteroatoms. The van der Waals surface area contributed by atoms with Crippen LogP contribution in [0.15, 0.2) is 218 Å². The molecule has 0 aliphatic rings. The van der Waals surface area contributed by atoms with E-state index in [2.05, 4.69) is 58.9 Å². The number of nitrogens with zero attached hydrogens (tertiary/aromatic N) is 14. The summed E-state index contributed by atoms with van der Waals surface area (Å²) in [7, 11) is 0. The lowest BCUT2D eigenvalue weighted by Crippen LogP contribution is -2.08. The summed E-state index contributed by atoms with van der Waals surface area (Å²) in [5, 5.41) is 55.0. The molecule has 0 unspecified atom stereocenters. The average Bonchev–Trinajstić information content (AvgIpc) is 1.65. The summed E-state index contributed by atoms with van der Waals surface area (Å²) < 4.78 is 4.16. The fraction of sp³-hybridized carbons (Fsp3) is 0. The first-order valence-electron chi connectivity index (χ1n) is 28.4. The van der Waals surface area contributed by atoms with Crippen LogP contribution in [0.3, 0.4) is 0 Å². The van der Waals surface area contributed by atoms with Gasteiger partial charge in [-0.2, -0.15) is 26.3 Å². The van der Waals surface area contributed by atoms with Crippen molar-refractivity contribution in [1.29, 1.82) is 26.3 Å². The molecule has 0 fully saturated rings. The maximum atomic E-state index is 11.5. The van der Waals surface area contributed by atoms with Crippen LogP contribution in [-0.2, 0) is 0 Å². The average molecular weight is 1170 g/mol. The van der Waals surface area contributed by atoms with Crippen LogP contribution in [0.2, 0.25) is 0 Å². The van der Waals surface area contributed by atoms with E-state index in [9.17, 15) is 26.3 Å². The van der Waals surface area contributed by atoms with E-state index in [0.29, 0.717) is 140 Å². The maximum absolute atomic E-state index is 11.5. The normalized spacial score (nSPS) is 10.7. The van der Waals surface area contributed by atoms with Gasteiger partial charge in [0.05, 0.1) is 112 Å². The summed E-state index contributed by atoms with van der Waals surface area (Å²) in [5.74, 6) is 0.994. The second-order valence-electron chi connectivity index (χ2n) is 21.6. The number of aromatic nitrogens is 5. The molecule has 0 N–H and O–H groups in total.